The lowest BCUT2D eigenvalue weighted by atomic mass is 10.2. The number of aromatic nitrogens is 2. The molecule has 1 aromatic carbocycles. The number of nitrogens with zero attached hydrogens (tertiary/aromatic N) is 2. The largest absolute Gasteiger partial charge is 0.493 e. The molecule has 8 heteroatoms. The van der Waals surface area contributed by atoms with Gasteiger partial charge in [0.25, 0.3) is 5.91 Å². The number of methoxy groups -OCH3 is 3. The van der Waals surface area contributed by atoms with E-state index in [1.54, 1.807) is 33.5 Å². The van der Waals surface area contributed by atoms with E-state index in [0.29, 0.717) is 34.4 Å². The van der Waals surface area contributed by atoms with E-state index in [-0.39, 0.29) is 11.9 Å². The van der Waals surface area contributed by atoms with Gasteiger partial charge in [0.1, 0.15) is 0 Å². The zero-order valence-corrected chi connectivity index (χ0v) is 15.7. The summed E-state index contributed by atoms with van der Waals surface area (Å²) in [5.74, 6) is 1.77. The van der Waals surface area contributed by atoms with Crippen LogP contribution in [0.3, 0.4) is 0 Å². The third kappa shape index (κ3) is 4.39. The predicted octanol–water partition coefficient (Wildman–Crippen LogP) is 2.92. The van der Waals surface area contributed by atoms with Crippen LogP contribution in [-0.4, -0.2) is 43.2 Å². The average molecular weight is 372 g/mol. The van der Waals surface area contributed by atoms with Crippen molar-refractivity contribution in [3.63, 3.8) is 0 Å². The van der Waals surface area contributed by atoms with Crippen molar-refractivity contribution >= 4 is 17.5 Å². The fraction of sp³-hybridized carbons (Fsp3) is 0.421. The van der Waals surface area contributed by atoms with Crippen LogP contribution in [0, 0.1) is 0 Å². The maximum absolute atomic E-state index is 12.2. The lowest BCUT2D eigenvalue weighted by Crippen LogP contribution is -2.32. The van der Waals surface area contributed by atoms with E-state index < -0.39 is 0 Å². The van der Waals surface area contributed by atoms with Crippen molar-refractivity contribution in [2.45, 2.75) is 31.7 Å². The molecule has 1 saturated carbocycles. The van der Waals surface area contributed by atoms with Gasteiger partial charge in [-0.3, -0.25) is 4.79 Å². The summed E-state index contributed by atoms with van der Waals surface area (Å²) in [5, 5.41) is 6.10. The summed E-state index contributed by atoms with van der Waals surface area (Å²) in [7, 11) is 4.65. The Kier molecular flexibility index (Phi) is 5.95. The average Bonchev–Trinajstić information content (AvgIpc) is 3.20. The summed E-state index contributed by atoms with van der Waals surface area (Å²) in [5.41, 5.74) is 1.12. The Labute approximate surface area is 158 Å². The molecule has 2 aromatic rings. The number of carbonyl (C=O) groups is 1. The van der Waals surface area contributed by atoms with Gasteiger partial charge in [0.15, 0.2) is 11.5 Å². The molecule has 1 heterocycles. The molecule has 0 radical (unpaired) electrons. The number of ether oxygens (including phenoxy) is 3. The first-order valence-corrected chi connectivity index (χ1v) is 8.84. The van der Waals surface area contributed by atoms with E-state index in [2.05, 4.69) is 20.6 Å². The van der Waals surface area contributed by atoms with Gasteiger partial charge < -0.3 is 24.8 Å². The van der Waals surface area contributed by atoms with Gasteiger partial charge in [0, 0.05) is 36.3 Å². The number of amides is 1. The molecule has 1 fully saturated rings. The van der Waals surface area contributed by atoms with Gasteiger partial charge in [0.2, 0.25) is 11.7 Å². The van der Waals surface area contributed by atoms with Crippen molar-refractivity contribution < 1.29 is 19.0 Å². The predicted molar refractivity (Wildman–Crippen MR) is 101 cm³/mol. The topological polar surface area (TPSA) is 94.6 Å². The molecule has 27 heavy (non-hydrogen) atoms. The molecule has 0 unspecified atom stereocenters. The van der Waals surface area contributed by atoms with E-state index in [9.17, 15) is 4.79 Å². The van der Waals surface area contributed by atoms with Crippen molar-refractivity contribution in [3.8, 4) is 17.2 Å². The molecular formula is C19H24N4O4. The minimum atomic E-state index is -0.138. The Morgan fingerprint density at radius 3 is 2.11 bits per heavy atom. The van der Waals surface area contributed by atoms with Crippen LogP contribution < -0.4 is 24.8 Å². The number of hydrogen-bond acceptors (Lipinski definition) is 7. The first-order chi connectivity index (χ1) is 13.1. The summed E-state index contributed by atoms with van der Waals surface area (Å²) in [6, 6.07) is 3.77. The van der Waals surface area contributed by atoms with Crippen LogP contribution in [0.1, 0.15) is 36.0 Å². The normalized spacial score (nSPS) is 13.9. The molecule has 0 aliphatic heterocycles. The number of rotatable bonds is 7. The third-order valence-corrected chi connectivity index (χ3v) is 4.53. The Hall–Kier alpha value is -3.03. The van der Waals surface area contributed by atoms with Crippen LogP contribution in [0.15, 0.2) is 24.5 Å². The molecule has 1 amide bonds. The van der Waals surface area contributed by atoms with E-state index in [1.165, 1.54) is 25.2 Å². The first kappa shape index (κ1) is 18.8. The van der Waals surface area contributed by atoms with Gasteiger partial charge in [-0.2, -0.15) is 0 Å². The maximum atomic E-state index is 12.2. The summed E-state index contributed by atoms with van der Waals surface area (Å²) in [6.45, 7) is 0. The lowest BCUT2D eigenvalue weighted by molar-refractivity contribution is 0.0937. The highest BCUT2D eigenvalue weighted by molar-refractivity contribution is 5.93. The molecule has 0 saturated heterocycles. The molecule has 1 aromatic heterocycles. The van der Waals surface area contributed by atoms with Gasteiger partial charge in [-0.25, -0.2) is 9.97 Å². The first-order valence-electron chi connectivity index (χ1n) is 8.84. The van der Waals surface area contributed by atoms with E-state index in [4.69, 9.17) is 14.2 Å². The minimum Gasteiger partial charge on any atom is -0.493 e. The highest BCUT2D eigenvalue weighted by atomic mass is 16.5. The molecule has 1 aliphatic carbocycles. The monoisotopic (exact) mass is 372 g/mol. The van der Waals surface area contributed by atoms with Crippen molar-refractivity contribution in [1.82, 2.24) is 15.3 Å². The molecule has 2 N–H and O–H groups in total. The number of anilines is 2. The van der Waals surface area contributed by atoms with Gasteiger partial charge in [-0.15, -0.1) is 0 Å². The SMILES string of the molecule is COc1cc(Nc2ncc(C(=O)NC3CCCC3)cn2)cc(OC)c1OC. The van der Waals surface area contributed by atoms with Gasteiger partial charge in [0.05, 0.1) is 26.9 Å². The van der Waals surface area contributed by atoms with Crippen molar-refractivity contribution in [2.75, 3.05) is 26.6 Å². The van der Waals surface area contributed by atoms with Gasteiger partial charge in [-0.05, 0) is 12.8 Å². The standard InChI is InChI=1S/C19H24N4O4/c1-25-15-8-14(9-16(26-2)17(15)27-3)23-19-20-10-12(11-21-19)18(24)22-13-6-4-5-7-13/h8-11,13H,4-7H2,1-3H3,(H,22,24)(H,20,21,23). The van der Waals surface area contributed by atoms with Crippen LogP contribution in [0.5, 0.6) is 17.2 Å². The third-order valence-electron chi connectivity index (χ3n) is 4.53. The van der Waals surface area contributed by atoms with E-state index >= 15 is 0 Å². The molecule has 144 valence electrons. The highest BCUT2D eigenvalue weighted by Crippen LogP contribution is 2.40. The molecular weight excluding hydrogens is 348 g/mol. The fourth-order valence-corrected chi connectivity index (χ4v) is 3.13. The van der Waals surface area contributed by atoms with Crippen molar-refractivity contribution in [3.05, 3.63) is 30.1 Å². The van der Waals surface area contributed by atoms with Crippen LogP contribution in [0.25, 0.3) is 0 Å². The van der Waals surface area contributed by atoms with Gasteiger partial charge >= 0.3 is 0 Å². The second kappa shape index (κ2) is 8.57. The molecule has 0 bridgehead atoms. The number of carbonyl (C=O) groups excluding carboxylic acids is 1. The van der Waals surface area contributed by atoms with Crippen LogP contribution in [0.2, 0.25) is 0 Å². The maximum Gasteiger partial charge on any atom is 0.254 e. The second-order valence-corrected chi connectivity index (χ2v) is 6.29. The minimum absolute atomic E-state index is 0.138. The Morgan fingerprint density at radius 2 is 1.59 bits per heavy atom. The molecule has 1 aliphatic rings. The summed E-state index contributed by atoms with van der Waals surface area (Å²) in [6.07, 6.45) is 7.42. The smallest absolute Gasteiger partial charge is 0.254 e. The molecule has 0 spiro atoms. The van der Waals surface area contributed by atoms with Crippen molar-refractivity contribution in [1.29, 1.82) is 0 Å². The van der Waals surface area contributed by atoms with Crippen LogP contribution in [0.4, 0.5) is 11.6 Å². The number of nitrogens with one attached hydrogen (secondary N) is 2. The van der Waals surface area contributed by atoms with E-state index in [0.717, 1.165) is 12.8 Å². The quantitative estimate of drug-likeness (QED) is 0.771. The summed E-state index contributed by atoms with van der Waals surface area (Å²) >= 11 is 0. The zero-order valence-electron chi connectivity index (χ0n) is 15.7. The van der Waals surface area contributed by atoms with Crippen LogP contribution >= 0.6 is 0 Å². The Morgan fingerprint density at radius 1 is 1.00 bits per heavy atom. The summed E-state index contributed by atoms with van der Waals surface area (Å²) < 4.78 is 16.0. The second-order valence-electron chi connectivity index (χ2n) is 6.29. The fourth-order valence-electron chi connectivity index (χ4n) is 3.13. The molecule has 3 rings (SSSR count). The van der Waals surface area contributed by atoms with Crippen molar-refractivity contribution in [2.24, 2.45) is 0 Å². The van der Waals surface area contributed by atoms with Gasteiger partial charge in [-0.1, -0.05) is 12.8 Å². The Balaban J connectivity index is 1.71. The molecule has 8 nitrogen and oxygen atoms in total. The van der Waals surface area contributed by atoms with Crippen LogP contribution in [-0.2, 0) is 0 Å². The lowest BCUT2D eigenvalue weighted by Gasteiger charge is -2.14. The number of benzene rings is 1. The summed E-state index contributed by atoms with van der Waals surface area (Å²) in [4.78, 5) is 20.7. The zero-order chi connectivity index (χ0) is 19.2. The highest BCUT2D eigenvalue weighted by Gasteiger charge is 2.18. The Bertz CT molecular complexity index is 764. The molecule has 0 atom stereocenters. The number of hydrogen-bond donors (Lipinski definition) is 2. The van der Waals surface area contributed by atoms with E-state index in [1.807, 2.05) is 0 Å².